The first-order chi connectivity index (χ1) is 8.60. The summed E-state index contributed by atoms with van der Waals surface area (Å²) in [7, 11) is -1.63. The summed E-state index contributed by atoms with van der Waals surface area (Å²) in [5, 5.41) is 0. The minimum Gasteiger partial charge on any atom is -0.261 e. The summed E-state index contributed by atoms with van der Waals surface area (Å²) < 4.78 is 27.4. The third kappa shape index (κ3) is 3.07. The summed E-state index contributed by atoms with van der Waals surface area (Å²) in [5.74, 6) is 0. The van der Waals surface area contributed by atoms with Gasteiger partial charge in [0.05, 0.1) is 0 Å². The van der Waals surface area contributed by atoms with Gasteiger partial charge >= 0.3 is 0 Å². The SMILES string of the molecule is CN(CCc1ccccn1)S(=O)(=O)N1CCCC1. The largest absolute Gasteiger partial charge is 0.281 e. The van der Waals surface area contributed by atoms with Crippen molar-refractivity contribution in [2.24, 2.45) is 0 Å². The van der Waals surface area contributed by atoms with E-state index in [0.717, 1.165) is 18.5 Å². The predicted octanol–water partition coefficient (Wildman–Crippen LogP) is 0.896. The van der Waals surface area contributed by atoms with Gasteiger partial charge in [-0.2, -0.15) is 17.0 Å². The highest BCUT2D eigenvalue weighted by Gasteiger charge is 2.28. The average molecular weight is 269 g/mol. The molecule has 1 aromatic rings. The topological polar surface area (TPSA) is 53.5 Å². The molecule has 2 rings (SSSR count). The summed E-state index contributed by atoms with van der Waals surface area (Å²) in [4.78, 5) is 4.20. The van der Waals surface area contributed by atoms with Crippen LogP contribution in [-0.2, 0) is 16.6 Å². The molecule has 1 aromatic heterocycles. The zero-order chi connectivity index (χ0) is 13.0. The predicted molar refractivity (Wildman–Crippen MR) is 70.3 cm³/mol. The summed E-state index contributed by atoms with van der Waals surface area (Å²) in [6, 6.07) is 5.68. The van der Waals surface area contributed by atoms with E-state index in [1.807, 2.05) is 18.2 Å². The number of hydrogen-bond acceptors (Lipinski definition) is 3. The summed E-state index contributed by atoms with van der Waals surface area (Å²) in [6.45, 7) is 1.77. The molecular formula is C12H19N3O2S. The highest BCUT2D eigenvalue weighted by atomic mass is 32.2. The minimum atomic E-state index is -3.27. The molecule has 18 heavy (non-hydrogen) atoms. The monoisotopic (exact) mass is 269 g/mol. The molecule has 0 aliphatic carbocycles. The van der Waals surface area contributed by atoms with Gasteiger partial charge in [0, 0.05) is 45.0 Å². The molecule has 0 N–H and O–H groups in total. The highest BCUT2D eigenvalue weighted by Crippen LogP contribution is 2.15. The van der Waals surface area contributed by atoms with Gasteiger partial charge in [0.2, 0.25) is 0 Å². The summed E-state index contributed by atoms with van der Waals surface area (Å²) in [5.41, 5.74) is 0.918. The van der Waals surface area contributed by atoms with E-state index in [4.69, 9.17) is 0 Å². The van der Waals surface area contributed by atoms with E-state index in [1.54, 1.807) is 17.5 Å². The van der Waals surface area contributed by atoms with Crippen molar-refractivity contribution in [2.75, 3.05) is 26.7 Å². The third-order valence-electron chi connectivity index (χ3n) is 3.19. The van der Waals surface area contributed by atoms with Gasteiger partial charge in [0.25, 0.3) is 10.2 Å². The Morgan fingerprint density at radius 2 is 2.06 bits per heavy atom. The van der Waals surface area contributed by atoms with Crippen LogP contribution in [0.25, 0.3) is 0 Å². The van der Waals surface area contributed by atoms with Gasteiger partial charge in [-0.05, 0) is 25.0 Å². The van der Waals surface area contributed by atoms with Crippen LogP contribution in [0.4, 0.5) is 0 Å². The van der Waals surface area contributed by atoms with Gasteiger partial charge in [0.1, 0.15) is 0 Å². The summed E-state index contributed by atoms with van der Waals surface area (Å²) >= 11 is 0. The van der Waals surface area contributed by atoms with E-state index in [2.05, 4.69) is 4.98 Å². The number of rotatable bonds is 5. The van der Waals surface area contributed by atoms with Gasteiger partial charge in [0.15, 0.2) is 0 Å². The molecule has 0 atom stereocenters. The second-order valence-electron chi connectivity index (χ2n) is 4.51. The van der Waals surface area contributed by atoms with Crippen molar-refractivity contribution in [1.29, 1.82) is 0 Å². The molecule has 0 radical (unpaired) electrons. The maximum Gasteiger partial charge on any atom is 0.281 e. The molecule has 1 saturated heterocycles. The quantitative estimate of drug-likeness (QED) is 0.798. The van der Waals surface area contributed by atoms with Crippen molar-refractivity contribution in [2.45, 2.75) is 19.3 Å². The number of hydrogen-bond donors (Lipinski definition) is 0. The molecule has 6 heteroatoms. The van der Waals surface area contributed by atoms with Crippen LogP contribution >= 0.6 is 0 Å². The van der Waals surface area contributed by atoms with Crippen LogP contribution in [0.2, 0.25) is 0 Å². The lowest BCUT2D eigenvalue weighted by Crippen LogP contribution is -2.41. The van der Waals surface area contributed by atoms with Crippen LogP contribution in [0.15, 0.2) is 24.4 Å². The summed E-state index contributed by atoms with van der Waals surface area (Å²) in [6.07, 6.45) is 4.30. The lowest BCUT2D eigenvalue weighted by molar-refractivity contribution is 0.396. The second kappa shape index (κ2) is 5.77. The zero-order valence-corrected chi connectivity index (χ0v) is 11.4. The van der Waals surface area contributed by atoms with Crippen molar-refractivity contribution in [3.63, 3.8) is 0 Å². The molecule has 0 amide bonds. The number of aromatic nitrogens is 1. The van der Waals surface area contributed by atoms with Crippen molar-refractivity contribution in [3.8, 4) is 0 Å². The molecule has 0 spiro atoms. The molecule has 2 heterocycles. The van der Waals surface area contributed by atoms with E-state index < -0.39 is 10.2 Å². The van der Waals surface area contributed by atoms with Crippen molar-refractivity contribution in [3.05, 3.63) is 30.1 Å². The van der Waals surface area contributed by atoms with Crippen LogP contribution < -0.4 is 0 Å². The Balaban J connectivity index is 1.93. The van der Waals surface area contributed by atoms with Crippen molar-refractivity contribution in [1.82, 2.24) is 13.6 Å². The fraction of sp³-hybridized carbons (Fsp3) is 0.583. The average Bonchev–Trinajstić information content (AvgIpc) is 2.91. The Hall–Kier alpha value is -0.980. The standard InChI is InChI=1S/C12H19N3O2S/c1-14(11-7-12-6-2-3-8-13-12)18(16,17)15-9-4-5-10-15/h2-3,6,8H,4-5,7,9-11H2,1H3. The molecule has 5 nitrogen and oxygen atoms in total. The molecule has 0 saturated carbocycles. The Morgan fingerprint density at radius 3 is 2.67 bits per heavy atom. The molecule has 0 aromatic carbocycles. The normalized spacial score (nSPS) is 17.4. The van der Waals surface area contributed by atoms with E-state index in [0.29, 0.717) is 26.1 Å². The van der Waals surface area contributed by atoms with Gasteiger partial charge in [-0.3, -0.25) is 4.98 Å². The second-order valence-corrected chi connectivity index (χ2v) is 6.54. The molecule has 0 unspecified atom stereocenters. The zero-order valence-electron chi connectivity index (χ0n) is 10.6. The maximum atomic E-state index is 12.2. The van der Waals surface area contributed by atoms with Gasteiger partial charge in [-0.15, -0.1) is 0 Å². The first kappa shape index (κ1) is 13.5. The lowest BCUT2D eigenvalue weighted by Gasteiger charge is -2.23. The van der Waals surface area contributed by atoms with Gasteiger partial charge < -0.3 is 0 Å². The van der Waals surface area contributed by atoms with E-state index >= 15 is 0 Å². The number of pyridine rings is 1. The highest BCUT2D eigenvalue weighted by molar-refractivity contribution is 7.86. The van der Waals surface area contributed by atoms with Crippen LogP contribution in [0, 0.1) is 0 Å². The molecular weight excluding hydrogens is 250 g/mol. The molecule has 0 bridgehead atoms. The number of likely N-dealkylation sites (N-methyl/N-ethyl adjacent to an activating group) is 1. The van der Waals surface area contributed by atoms with Crippen molar-refractivity contribution >= 4 is 10.2 Å². The Labute approximate surface area is 109 Å². The first-order valence-electron chi connectivity index (χ1n) is 6.22. The van der Waals surface area contributed by atoms with Crippen LogP contribution in [0.5, 0.6) is 0 Å². The Morgan fingerprint density at radius 1 is 1.33 bits per heavy atom. The smallest absolute Gasteiger partial charge is 0.261 e. The molecule has 100 valence electrons. The lowest BCUT2D eigenvalue weighted by atomic mass is 10.3. The fourth-order valence-electron chi connectivity index (χ4n) is 2.05. The third-order valence-corrected chi connectivity index (χ3v) is 5.18. The fourth-order valence-corrected chi connectivity index (χ4v) is 3.49. The van der Waals surface area contributed by atoms with Crippen LogP contribution in [-0.4, -0.2) is 48.7 Å². The number of nitrogens with zero attached hydrogens (tertiary/aromatic N) is 3. The Kier molecular flexibility index (Phi) is 4.31. The van der Waals surface area contributed by atoms with E-state index in [-0.39, 0.29) is 0 Å². The van der Waals surface area contributed by atoms with Gasteiger partial charge in [-0.25, -0.2) is 0 Å². The Bertz CT molecular complexity index is 469. The molecule has 1 fully saturated rings. The van der Waals surface area contributed by atoms with E-state index in [9.17, 15) is 8.42 Å². The van der Waals surface area contributed by atoms with Crippen molar-refractivity contribution < 1.29 is 8.42 Å². The maximum absolute atomic E-state index is 12.2. The van der Waals surface area contributed by atoms with Gasteiger partial charge in [-0.1, -0.05) is 6.07 Å². The van der Waals surface area contributed by atoms with Crippen LogP contribution in [0.1, 0.15) is 18.5 Å². The first-order valence-corrected chi connectivity index (χ1v) is 7.62. The minimum absolute atomic E-state index is 0.468. The molecule has 1 aliphatic heterocycles. The molecule has 1 aliphatic rings. The van der Waals surface area contributed by atoms with E-state index in [1.165, 1.54) is 4.31 Å². The van der Waals surface area contributed by atoms with Crippen LogP contribution in [0.3, 0.4) is 0 Å².